The normalized spacial score (nSPS) is 17.6. The summed E-state index contributed by atoms with van der Waals surface area (Å²) in [6, 6.07) is 0. The van der Waals surface area contributed by atoms with Crippen molar-refractivity contribution < 1.29 is 17.7 Å². The van der Waals surface area contributed by atoms with E-state index in [2.05, 4.69) is 15.4 Å². The van der Waals surface area contributed by atoms with Crippen molar-refractivity contribution in [1.29, 1.82) is 0 Å². The van der Waals surface area contributed by atoms with Gasteiger partial charge in [-0.2, -0.15) is 4.31 Å². The van der Waals surface area contributed by atoms with Crippen LogP contribution in [0, 0.1) is 13.8 Å². The molecule has 0 bridgehead atoms. The first-order valence-electron chi connectivity index (χ1n) is 7.17. The molecule has 1 aliphatic heterocycles. The first-order chi connectivity index (χ1) is 10.3. The number of nitrogens with zero attached hydrogens (tertiary/aromatic N) is 3. The van der Waals surface area contributed by atoms with Crippen molar-refractivity contribution in [1.82, 2.24) is 19.7 Å². The number of sulfonamides is 1. The predicted octanol–water partition coefficient (Wildman–Crippen LogP) is -0.402. The maximum Gasteiger partial charge on any atom is 0.256 e. The number of rotatable bonds is 5. The lowest BCUT2D eigenvalue weighted by Crippen LogP contribution is -2.49. The fraction of sp³-hybridized carbons (Fsp3) is 0.692. The fourth-order valence-corrected chi connectivity index (χ4v) is 3.33. The maximum absolute atomic E-state index is 12.1. The number of carbonyl (C=O) groups excluding carboxylic acids is 1. The van der Waals surface area contributed by atoms with Gasteiger partial charge in [0.2, 0.25) is 10.0 Å². The summed E-state index contributed by atoms with van der Waals surface area (Å²) in [6.45, 7) is 6.97. The summed E-state index contributed by atoms with van der Waals surface area (Å²) < 4.78 is 29.3. The molecule has 22 heavy (non-hydrogen) atoms. The summed E-state index contributed by atoms with van der Waals surface area (Å²) >= 11 is 0. The second-order valence-electron chi connectivity index (χ2n) is 5.46. The molecule has 0 atom stereocenters. The Morgan fingerprint density at radius 2 is 1.91 bits per heavy atom. The molecular formula is C13H22N4O4S. The van der Waals surface area contributed by atoms with E-state index < -0.39 is 10.0 Å². The zero-order valence-electron chi connectivity index (χ0n) is 13.1. The summed E-state index contributed by atoms with van der Waals surface area (Å²) in [7, 11) is -3.10. The van der Waals surface area contributed by atoms with E-state index in [1.54, 1.807) is 13.8 Å². The summed E-state index contributed by atoms with van der Waals surface area (Å²) in [5.74, 6) is 0.322. The van der Waals surface area contributed by atoms with Gasteiger partial charge in [0.25, 0.3) is 5.91 Å². The van der Waals surface area contributed by atoms with Gasteiger partial charge in [-0.1, -0.05) is 5.16 Å². The van der Waals surface area contributed by atoms with Crippen molar-refractivity contribution in [3.63, 3.8) is 0 Å². The van der Waals surface area contributed by atoms with Crippen molar-refractivity contribution >= 4 is 15.9 Å². The Bertz CT molecular complexity index is 613. The number of aryl methyl sites for hydroxylation is 2. The number of carbonyl (C=O) groups is 1. The van der Waals surface area contributed by atoms with E-state index in [1.807, 2.05) is 0 Å². The van der Waals surface area contributed by atoms with Gasteiger partial charge in [-0.25, -0.2) is 8.42 Å². The molecule has 0 saturated carbocycles. The van der Waals surface area contributed by atoms with E-state index in [0.29, 0.717) is 56.3 Å². The predicted molar refractivity (Wildman–Crippen MR) is 81.2 cm³/mol. The Kier molecular flexibility index (Phi) is 5.20. The van der Waals surface area contributed by atoms with E-state index in [1.165, 1.54) is 10.6 Å². The van der Waals surface area contributed by atoms with Crippen molar-refractivity contribution in [3.05, 3.63) is 17.0 Å². The topological polar surface area (TPSA) is 95.8 Å². The first-order valence-corrected chi connectivity index (χ1v) is 9.02. The fourth-order valence-electron chi connectivity index (χ4n) is 2.51. The van der Waals surface area contributed by atoms with Gasteiger partial charge in [0, 0.05) is 39.3 Å². The van der Waals surface area contributed by atoms with Crippen molar-refractivity contribution in [2.45, 2.75) is 13.8 Å². The lowest BCUT2D eigenvalue weighted by Gasteiger charge is -2.33. The smallest absolute Gasteiger partial charge is 0.256 e. The van der Waals surface area contributed by atoms with Crippen molar-refractivity contribution in [2.24, 2.45) is 0 Å². The highest BCUT2D eigenvalue weighted by Crippen LogP contribution is 2.11. The highest BCUT2D eigenvalue weighted by molar-refractivity contribution is 7.88. The maximum atomic E-state index is 12.1. The van der Waals surface area contributed by atoms with Gasteiger partial charge in [0.15, 0.2) is 0 Å². The van der Waals surface area contributed by atoms with E-state index >= 15 is 0 Å². The number of hydrogen-bond acceptors (Lipinski definition) is 6. The highest BCUT2D eigenvalue weighted by atomic mass is 32.2. The quantitative estimate of drug-likeness (QED) is 0.789. The van der Waals surface area contributed by atoms with Gasteiger partial charge in [-0.05, 0) is 13.8 Å². The van der Waals surface area contributed by atoms with E-state index in [-0.39, 0.29) is 5.91 Å². The minimum Gasteiger partial charge on any atom is -0.361 e. The van der Waals surface area contributed by atoms with Gasteiger partial charge in [-0.15, -0.1) is 0 Å². The standard InChI is InChI=1S/C13H22N4O4S/c1-10-12(11(2)21-15-10)13(18)14-4-5-16-6-8-17(9-7-16)22(3,19)20/h4-9H2,1-3H3,(H,14,18). The molecule has 2 heterocycles. The highest BCUT2D eigenvalue weighted by Gasteiger charge is 2.23. The molecule has 1 fully saturated rings. The number of nitrogens with one attached hydrogen (secondary N) is 1. The van der Waals surface area contributed by atoms with Crippen LogP contribution in [-0.4, -0.2) is 74.2 Å². The van der Waals surface area contributed by atoms with E-state index in [9.17, 15) is 13.2 Å². The Morgan fingerprint density at radius 3 is 2.41 bits per heavy atom. The van der Waals surface area contributed by atoms with Crippen LogP contribution in [0.4, 0.5) is 0 Å². The van der Waals surface area contributed by atoms with E-state index in [0.717, 1.165) is 0 Å². The first kappa shape index (κ1) is 16.9. The monoisotopic (exact) mass is 330 g/mol. The molecule has 1 aromatic rings. The van der Waals surface area contributed by atoms with Crippen LogP contribution in [-0.2, 0) is 10.0 Å². The molecule has 124 valence electrons. The largest absolute Gasteiger partial charge is 0.361 e. The van der Waals surface area contributed by atoms with Crippen LogP contribution in [0.3, 0.4) is 0 Å². The lowest BCUT2D eigenvalue weighted by atomic mass is 10.2. The van der Waals surface area contributed by atoms with Gasteiger partial charge in [0.1, 0.15) is 11.3 Å². The second kappa shape index (κ2) is 6.76. The molecule has 0 aliphatic carbocycles. The number of hydrogen-bond donors (Lipinski definition) is 1. The molecule has 0 radical (unpaired) electrons. The van der Waals surface area contributed by atoms with Gasteiger partial charge in [0.05, 0.1) is 11.9 Å². The van der Waals surface area contributed by atoms with Crippen LogP contribution in [0.1, 0.15) is 21.8 Å². The van der Waals surface area contributed by atoms with Crippen LogP contribution in [0.25, 0.3) is 0 Å². The molecule has 1 saturated heterocycles. The average Bonchev–Trinajstić information content (AvgIpc) is 2.77. The third kappa shape index (κ3) is 4.05. The number of piperazine rings is 1. The molecule has 1 aliphatic rings. The van der Waals surface area contributed by atoms with Crippen LogP contribution in [0.2, 0.25) is 0 Å². The van der Waals surface area contributed by atoms with Crippen molar-refractivity contribution in [2.75, 3.05) is 45.5 Å². The molecular weight excluding hydrogens is 308 g/mol. The van der Waals surface area contributed by atoms with E-state index in [4.69, 9.17) is 4.52 Å². The molecule has 0 unspecified atom stereocenters. The summed E-state index contributed by atoms with van der Waals surface area (Å²) in [5, 5.41) is 6.60. The second-order valence-corrected chi connectivity index (χ2v) is 7.44. The Labute approximate surface area is 130 Å². The van der Waals surface area contributed by atoms with Gasteiger partial charge < -0.3 is 9.84 Å². The van der Waals surface area contributed by atoms with Crippen LogP contribution >= 0.6 is 0 Å². The zero-order valence-corrected chi connectivity index (χ0v) is 13.9. The van der Waals surface area contributed by atoms with Crippen molar-refractivity contribution in [3.8, 4) is 0 Å². The SMILES string of the molecule is Cc1noc(C)c1C(=O)NCCN1CCN(S(C)(=O)=O)CC1. The molecule has 9 heteroatoms. The van der Waals surface area contributed by atoms with Crippen LogP contribution < -0.4 is 5.32 Å². The molecule has 0 aromatic carbocycles. The average molecular weight is 330 g/mol. The lowest BCUT2D eigenvalue weighted by molar-refractivity contribution is 0.0943. The molecule has 1 N–H and O–H groups in total. The Hall–Kier alpha value is -1.45. The minimum absolute atomic E-state index is 0.189. The number of amides is 1. The molecule has 1 amide bonds. The van der Waals surface area contributed by atoms with Crippen LogP contribution in [0.5, 0.6) is 0 Å². The Balaban J connectivity index is 1.75. The summed E-state index contributed by atoms with van der Waals surface area (Å²) in [4.78, 5) is 14.2. The van der Waals surface area contributed by atoms with Gasteiger partial charge in [-0.3, -0.25) is 9.69 Å². The molecule has 1 aromatic heterocycles. The number of aromatic nitrogens is 1. The third-order valence-electron chi connectivity index (χ3n) is 3.77. The molecule has 2 rings (SSSR count). The van der Waals surface area contributed by atoms with Crippen LogP contribution in [0.15, 0.2) is 4.52 Å². The van der Waals surface area contributed by atoms with Gasteiger partial charge >= 0.3 is 0 Å². The zero-order chi connectivity index (χ0) is 16.3. The molecule has 8 nitrogen and oxygen atoms in total. The summed E-state index contributed by atoms with van der Waals surface area (Å²) in [5.41, 5.74) is 1.07. The molecule has 0 spiro atoms. The summed E-state index contributed by atoms with van der Waals surface area (Å²) in [6.07, 6.45) is 1.23. The minimum atomic E-state index is -3.10. The Morgan fingerprint density at radius 1 is 1.27 bits per heavy atom. The third-order valence-corrected chi connectivity index (χ3v) is 5.08.